The van der Waals surface area contributed by atoms with Gasteiger partial charge in [-0.05, 0) is 40.0 Å². The van der Waals surface area contributed by atoms with Gasteiger partial charge in [0.05, 0.1) is 36.7 Å². The van der Waals surface area contributed by atoms with Gasteiger partial charge in [-0.15, -0.1) is 0 Å². The van der Waals surface area contributed by atoms with E-state index in [1.54, 1.807) is 57.8 Å². The van der Waals surface area contributed by atoms with E-state index in [1.807, 2.05) is 0 Å². The summed E-state index contributed by atoms with van der Waals surface area (Å²) in [5.41, 5.74) is -0.958. The summed E-state index contributed by atoms with van der Waals surface area (Å²) in [5, 5.41) is 41.8. The summed E-state index contributed by atoms with van der Waals surface area (Å²) in [7, 11) is 3.27. The standard InChI is InChI=1S/C37H51N7O10/c1-20(2)36(54)42-37(11-8-30(48)38-17-24-33(51)27(45)14-21(3)41-24,12-9-31(49)39-18-25-34(52)28(46)15-22(4)43(25)6)13-10-32(50)40-19-26-35(53)29(47)16-23(5)44(26)7/h14-16,20,51-53H,8-13,17-19H2,1-7H3,(H,38,48)(H,39,49)(H,40,50)(H,41,45)(H,42,54). The van der Waals surface area contributed by atoms with Crippen molar-refractivity contribution in [2.24, 2.45) is 20.0 Å². The van der Waals surface area contributed by atoms with Crippen molar-refractivity contribution in [1.82, 2.24) is 35.4 Å². The molecule has 0 bridgehead atoms. The lowest BCUT2D eigenvalue weighted by molar-refractivity contribution is -0.129. The molecule has 0 aliphatic rings. The first-order chi connectivity index (χ1) is 25.2. The van der Waals surface area contributed by atoms with Gasteiger partial charge >= 0.3 is 0 Å². The monoisotopic (exact) mass is 753 g/mol. The van der Waals surface area contributed by atoms with Crippen LogP contribution < -0.4 is 37.6 Å². The summed E-state index contributed by atoms with van der Waals surface area (Å²) < 4.78 is 3.14. The van der Waals surface area contributed by atoms with Gasteiger partial charge < -0.3 is 50.7 Å². The topological polar surface area (TPSA) is 254 Å². The van der Waals surface area contributed by atoms with Crippen LogP contribution in [-0.2, 0) is 52.9 Å². The second-order valence-corrected chi connectivity index (χ2v) is 13.9. The minimum Gasteiger partial charge on any atom is -0.503 e. The van der Waals surface area contributed by atoms with Crippen molar-refractivity contribution >= 4 is 23.6 Å². The number of pyridine rings is 3. The molecular formula is C37H51N7O10. The Hall–Kier alpha value is -5.87. The number of hydrogen-bond acceptors (Lipinski definition) is 10. The summed E-state index contributed by atoms with van der Waals surface area (Å²) in [4.78, 5) is 91.9. The van der Waals surface area contributed by atoms with E-state index in [9.17, 15) is 48.9 Å². The molecule has 294 valence electrons. The summed E-state index contributed by atoms with van der Waals surface area (Å²) >= 11 is 0. The van der Waals surface area contributed by atoms with Crippen LogP contribution in [0.15, 0.2) is 32.6 Å². The molecule has 17 nitrogen and oxygen atoms in total. The normalized spacial score (nSPS) is 11.3. The lowest BCUT2D eigenvalue weighted by Gasteiger charge is -2.36. The summed E-state index contributed by atoms with van der Waals surface area (Å²) in [5.74, 6) is -3.90. The summed E-state index contributed by atoms with van der Waals surface area (Å²) in [6, 6.07) is 3.76. The highest BCUT2D eigenvalue weighted by Crippen LogP contribution is 2.27. The molecule has 3 heterocycles. The predicted octanol–water partition coefficient (Wildman–Crippen LogP) is 0.915. The van der Waals surface area contributed by atoms with Crippen molar-refractivity contribution in [2.45, 2.75) is 98.3 Å². The van der Waals surface area contributed by atoms with Crippen LogP contribution in [0.5, 0.6) is 17.2 Å². The number of nitrogens with zero attached hydrogens (tertiary/aromatic N) is 2. The van der Waals surface area contributed by atoms with Crippen LogP contribution >= 0.6 is 0 Å². The SMILES string of the molecule is Cc1cc(=O)c(O)c(CNC(=O)CCC(CCC(=O)NCc2c(O)c(=O)cc(C)n2C)(CCC(=O)NCc2c(O)c(=O)cc(C)n2C)NC(=O)C(C)C)[nH]1. The highest BCUT2D eigenvalue weighted by atomic mass is 16.3. The van der Waals surface area contributed by atoms with Gasteiger partial charge in [-0.1, -0.05) is 13.8 Å². The molecular weight excluding hydrogens is 702 g/mol. The molecule has 17 heteroatoms. The Balaban J connectivity index is 1.84. The van der Waals surface area contributed by atoms with Crippen LogP contribution in [0.3, 0.4) is 0 Å². The van der Waals surface area contributed by atoms with Crippen molar-refractivity contribution in [3.05, 3.63) is 83.0 Å². The van der Waals surface area contributed by atoms with Crippen molar-refractivity contribution in [3.63, 3.8) is 0 Å². The summed E-state index contributed by atoms with van der Waals surface area (Å²) in [6.07, 6.45) is -0.601. The maximum Gasteiger partial charge on any atom is 0.223 e. The maximum atomic E-state index is 13.2. The van der Waals surface area contributed by atoms with Crippen molar-refractivity contribution < 1.29 is 34.5 Å². The van der Waals surface area contributed by atoms with Crippen LogP contribution in [-0.4, -0.2) is 58.6 Å². The third kappa shape index (κ3) is 11.1. The van der Waals surface area contributed by atoms with Gasteiger partial charge in [0.25, 0.3) is 0 Å². The fourth-order valence-corrected chi connectivity index (χ4v) is 5.86. The van der Waals surface area contributed by atoms with E-state index in [-0.39, 0.29) is 75.2 Å². The molecule has 54 heavy (non-hydrogen) atoms. The third-order valence-corrected chi connectivity index (χ3v) is 9.55. The minimum absolute atomic E-state index is 0.0181. The number of hydrogen-bond donors (Lipinski definition) is 8. The Morgan fingerprint density at radius 3 is 1.46 bits per heavy atom. The molecule has 3 aromatic rings. The quantitative estimate of drug-likeness (QED) is 0.0967. The number of nitrogens with one attached hydrogen (secondary N) is 5. The zero-order valence-electron chi connectivity index (χ0n) is 31.8. The number of aromatic amines is 1. The Labute approximate surface area is 311 Å². The third-order valence-electron chi connectivity index (χ3n) is 9.55. The second-order valence-electron chi connectivity index (χ2n) is 13.9. The second kappa shape index (κ2) is 18.3. The number of rotatable bonds is 17. The molecule has 8 N–H and O–H groups in total. The van der Waals surface area contributed by atoms with Crippen molar-refractivity contribution in [1.29, 1.82) is 0 Å². The largest absolute Gasteiger partial charge is 0.503 e. The number of carbonyl (C=O) groups is 4. The average molecular weight is 754 g/mol. The highest BCUT2D eigenvalue weighted by Gasteiger charge is 2.34. The van der Waals surface area contributed by atoms with Gasteiger partial charge in [0.2, 0.25) is 39.9 Å². The van der Waals surface area contributed by atoms with Crippen LogP contribution in [0.25, 0.3) is 0 Å². The molecule has 0 atom stereocenters. The Morgan fingerprint density at radius 2 is 1.06 bits per heavy atom. The van der Waals surface area contributed by atoms with Crippen LogP contribution in [0.4, 0.5) is 0 Å². The predicted molar refractivity (Wildman–Crippen MR) is 199 cm³/mol. The fourth-order valence-electron chi connectivity index (χ4n) is 5.86. The Morgan fingerprint density at radius 1 is 0.667 bits per heavy atom. The van der Waals surface area contributed by atoms with Crippen molar-refractivity contribution in [3.8, 4) is 17.2 Å². The van der Waals surface area contributed by atoms with E-state index < -0.39 is 68.6 Å². The number of amides is 4. The van der Waals surface area contributed by atoms with E-state index >= 15 is 0 Å². The zero-order chi connectivity index (χ0) is 40.5. The lowest BCUT2D eigenvalue weighted by atomic mass is 9.82. The van der Waals surface area contributed by atoms with Gasteiger partial charge in [-0.3, -0.25) is 33.6 Å². The lowest BCUT2D eigenvalue weighted by Crippen LogP contribution is -2.51. The van der Waals surface area contributed by atoms with Crippen molar-refractivity contribution in [2.75, 3.05) is 0 Å². The minimum atomic E-state index is -1.27. The van der Waals surface area contributed by atoms with Crippen LogP contribution in [0, 0.1) is 26.7 Å². The first kappa shape index (κ1) is 42.5. The highest BCUT2D eigenvalue weighted by molar-refractivity contribution is 5.81. The Kier molecular flexibility index (Phi) is 14.4. The van der Waals surface area contributed by atoms with Crippen LogP contribution in [0.1, 0.15) is 86.5 Å². The molecule has 3 aromatic heterocycles. The molecule has 0 spiro atoms. The van der Waals surface area contributed by atoms with E-state index in [2.05, 4.69) is 26.3 Å². The molecule has 3 rings (SSSR count). The smallest absolute Gasteiger partial charge is 0.223 e. The van der Waals surface area contributed by atoms with Gasteiger partial charge in [0.15, 0.2) is 17.2 Å². The maximum absolute atomic E-state index is 13.2. The molecule has 0 saturated heterocycles. The van der Waals surface area contributed by atoms with Gasteiger partial charge in [-0.25, -0.2) is 0 Å². The zero-order valence-corrected chi connectivity index (χ0v) is 31.8. The number of H-pyrrole nitrogens is 1. The van der Waals surface area contributed by atoms with Gasteiger partial charge in [0.1, 0.15) is 0 Å². The molecule has 0 unspecified atom stereocenters. The molecule has 0 aliphatic heterocycles. The van der Waals surface area contributed by atoms with E-state index in [0.717, 1.165) is 0 Å². The molecule has 0 aliphatic carbocycles. The summed E-state index contributed by atoms with van der Waals surface area (Å²) in [6.45, 7) is 7.78. The molecule has 4 amide bonds. The van der Waals surface area contributed by atoms with E-state index in [4.69, 9.17) is 0 Å². The first-order valence-electron chi connectivity index (χ1n) is 17.6. The first-order valence-corrected chi connectivity index (χ1v) is 17.6. The fraction of sp³-hybridized carbons (Fsp3) is 0.486. The molecule has 0 aromatic carbocycles. The molecule has 0 saturated carbocycles. The average Bonchev–Trinajstić information content (AvgIpc) is 3.11. The van der Waals surface area contributed by atoms with Gasteiger partial charge in [-0.2, -0.15) is 0 Å². The Bertz CT molecular complexity index is 1990. The van der Waals surface area contributed by atoms with E-state index in [0.29, 0.717) is 17.1 Å². The number of aromatic hydroxyl groups is 3. The molecule has 0 fully saturated rings. The van der Waals surface area contributed by atoms with E-state index in [1.165, 1.54) is 18.2 Å². The van der Waals surface area contributed by atoms with Gasteiger partial charge in [0, 0.05) is 80.1 Å². The van der Waals surface area contributed by atoms with Crippen LogP contribution in [0.2, 0.25) is 0 Å². The number of aryl methyl sites for hydroxylation is 3. The number of carbonyl (C=O) groups excluding carboxylic acids is 4. The number of aromatic nitrogens is 3. The molecule has 0 radical (unpaired) electrons.